The van der Waals surface area contributed by atoms with Gasteiger partial charge in [0.05, 0.1) is 12.2 Å². The molecule has 0 aromatic heterocycles. The highest BCUT2D eigenvalue weighted by molar-refractivity contribution is 5.89. The molecule has 0 aliphatic carbocycles. The molecular weight excluding hydrogens is 294 g/mol. The van der Waals surface area contributed by atoms with Gasteiger partial charge in [-0.2, -0.15) is 0 Å². The number of hydrogen-bond acceptors (Lipinski definition) is 4. The van der Waals surface area contributed by atoms with E-state index in [1.165, 1.54) is 0 Å². The summed E-state index contributed by atoms with van der Waals surface area (Å²) in [4.78, 5) is 23.1. The lowest BCUT2D eigenvalue weighted by Gasteiger charge is -2.19. The van der Waals surface area contributed by atoms with Gasteiger partial charge < -0.3 is 14.8 Å². The maximum atomic E-state index is 11.6. The summed E-state index contributed by atoms with van der Waals surface area (Å²) in [5, 5.41) is 2.63. The molecule has 0 saturated carbocycles. The second kappa shape index (κ2) is 8.84. The maximum absolute atomic E-state index is 11.6. The molecule has 0 fully saturated rings. The van der Waals surface area contributed by atoms with Gasteiger partial charge in [0, 0.05) is 18.5 Å². The van der Waals surface area contributed by atoms with Crippen LogP contribution in [0.2, 0.25) is 0 Å². The van der Waals surface area contributed by atoms with Crippen LogP contribution in [0.3, 0.4) is 0 Å². The molecule has 23 heavy (non-hydrogen) atoms. The lowest BCUT2D eigenvalue weighted by molar-refractivity contribution is 0.0517. The topological polar surface area (TPSA) is 64.6 Å². The van der Waals surface area contributed by atoms with Gasteiger partial charge in [-0.1, -0.05) is 17.9 Å². The molecule has 0 atom stereocenters. The Morgan fingerprint density at radius 1 is 1.26 bits per heavy atom. The Labute approximate surface area is 137 Å². The van der Waals surface area contributed by atoms with Crippen LogP contribution in [0.1, 0.15) is 50.0 Å². The van der Waals surface area contributed by atoms with E-state index in [1.807, 2.05) is 26.8 Å². The van der Waals surface area contributed by atoms with Gasteiger partial charge in [0.2, 0.25) is 0 Å². The van der Waals surface area contributed by atoms with E-state index < -0.39 is 11.7 Å². The molecule has 0 spiro atoms. The Morgan fingerprint density at radius 3 is 2.65 bits per heavy atom. The lowest BCUT2D eigenvalue weighted by Crippen LogP contribution is -2.32. The lowest BCUT2D eigenvalue weighted by atomic mass is 10.1. The van der Waals surface area contributed by atoms with Gasteiger partial charge in [-0.3, -0.25) is 0 Å². The minimum Gasteiger partial charge on any atom is -0.462 e. The number of rotatable bonds is 4. The van der Waals surface area contributed by atoms with E-state index in [0.29, 0.717) is 25.1 Å². The minimum atomic E-state index is -0.511. The van der Waals surface area contributed by atoms with Crippen molar-refractivity contribution < 1.29 is 19.1 Å². The largest absolute Gasteiger partial charge is 0.462 e. The fraction of sp³-hybridized carbons (Fsp3) is 0.444. The van der Waals surface area contributed by atoms with E-state index in [2.05, 4.69) is 17.2 Å². The summed E-state index contributed by atoms with van der Waals surface area (Å²) in [5.41, 5.74) is 0.696. The molecule has 1 N–H and O–H groups in total. The van der Waals surface area contributed by atoms with Crippen molar-refractivity contribution in [2.75, 3.05) is 13.2 Å². The van der Waals surface area contributed by atoms with Gasteiger partial charge in [-0.15, -0.1) is 0 Å². The van der Waals surface area contributed by atoms with E-state index in [0.717, 1.165) is 5.56 Å². The molecule has 0 aliphatic heterocycles. The van der Waals surface area contributed by atoms with Crippen LogP contribution in [-0.2, 0) is 9.47 Å². The van der Waals surface area contributed by atoms with Crippen molar-refractivity contribution in [3.8, 4) is 11.8 Å². The molecule has 1 amide bonds. The molecule has 5 nitrogen and oxygen atoms in total. The van der Waals surface area contributed by atoms with E-state index in [4.69, 9.17) is 9.47 Å². The second-order valence-corrected chi connectivity index (χ2v) is 5.78. The van der Waals surface area contributed by atoms with Crippen LogP contribution in [0.25, 0.3) is 0 Å². The molecule has 1 aromatic carbocycles. The Balaban J connectivity index is 2.46. The Kier molecular flexibility index (Phi) is 7.14. The quantitative estimate of drug-likeness (QED) is 0.526. The number of ether oxygens (including phenoxy) is 2. The van der Waals surface area contributed by atoms with Gasteiger partial charge in [0.15, 0.2) is 0 Å². The standard InChI is InChI=1S/C18H23NO4/c1-5-22-16(20)15-11-8-10-14(13-15)9-6-7-12-19-17(21)23-18(2,3)4/h8,10-11,13H,5,7,12H2,1-4H3,(H,19,21). The fourth-order valence-electron chi connectivity index (χ4n) is 1.64. The summed E-state index contributed by atoms with van der Waals surface area (Å²) in [7, 11) is 0. The van der Waals surface area contributed by atoms with Crippen molar-refractivity contribution in [3.05, 3.63) is 35.4 Å². The Bertz CT molecular complexity index is 605. The second-order valence-electron chi connectivity index (χ2n) is 5.78. The minimum absolute atomic E-state index is 0.338. The van der Waals surface area contributed by atoms with Crippen molar-refractivity contribution in [3.63, 3.8) is 0 Å². The van der Waals surface area contributed by atoms with Gasteiger partial charge >= 0.3 is 12.1 Å². The smallest absolute Gasteiger partial charge is 0.407 e. The first-order chi connectivity index (χ1) is 10.8. The Morgan fingerprint density at radius 2 is 2.00 bits per heavy atom. The third-order valence-electron chi connectivity index (χ3n) is 2.52. The van der Waals surface area contributed by atoms with Crippen molar-refractivity contribution in [1.82, 2.24) is 5.32 Å². The molecule has 0 radical (unpaired) electrons. The summed E-state index contributed by atoms with van der Waals surface area (Å²) in [6.07, 6.45) is 0.0340. The van der Waals surface area contributed by atoms with Crippen LogP contribution in [0.5, 0.6) is 0 Å². The van der Waals surface area contributed by atoms with Crippen molar-refractivity contribution >= 4 is 12.1 Å². The number of carbonyl (C=O) groups excluding carboxylic acids is 2. The van der Waals surface area contributed by atoms with Gasteiger partial charge in [-0.25, -0.2) is 9.59 Å². The molecule has 124 valence electrons. The molecule has 0 bridgehead atoms. The predicted octanol–water partition coefficient (Wildman–Crippen LogP) is 3.13. The third kappa shape index (κ3) is 7.91. The Hall–Kier alpha value is -2.48. The molecule has 0 unspecified atom stereocenters. The summed E-state index contributed by atoms with van der Waals surface area (Å²) < 4.78 is 10.1. The molecule has 0 saturated heterocycles. The number of benzene rings is 1. The van der Waals surface area contributed by atoms with Crippen molar-refractivity contribution in [1.29, 1.82) is 0 Å². The average molecular weight is 317 g/mol. The highest BCUT2D eigenvalue weighted by atomic mass is 16.6. The zero-order valence-electron chi connectivity index (χ0n) is 14.1. The number of nitrogens with one attached hydrogen (secondary N) is 1. The predicted molar refractivity (Wildman–Crippen MR) is 88.1 cm³/mol. The van der Waals surface area contributed by atoms with Crippen LogP contribution in [0.15, 0.2) is 24.3 Å². The highest BCUT2D eigenvalue weighted by Gasteiger charge is 2.15. The summed E-state index contributed by atoms with van der Waals surface area (Å²) >= 11 is 0. The molecule has 1 aromatic rings. The van der Waals surface area contributed by atoms with Crippen molar-refractivity contribution in [2.24, 2.45) is 0 Å². The first-order valence-electron chi connectivity index (χ1n) is 7.54. The third-order valence-corrected chi connectivity index (χ3v) is 2.52. The first kappa shape index (κ1) is 18.6. The SMILES string of the molecule is CCOC(=O)c1cccc(C#CCCNC(=O)OC(C)(C)C)c1. The normalized spacial score (nSPS) is 10.3. The van der Waals surface area contributed by atoms with Crippen LogP contribution in [0.4, 0.5) is 4.79 Å². The number of hydrogen-bond donors (Lipinski definition) is 1. The van der Waals surface area contributed by atoms with Crippen molar-refractivity contribution in [2.45, 2.75) is 39.7 Å². The van der Waals surface area contributed by atoms with Gasteiger partial charge in [-0.05, 0) is 45.9 Å². The number of esters is 1. The first-order valence-corrected chi connectivity index (χ1v) is 7.54. The number of carbonyl (C=O) groups is 2. The highest BCUT2D eigenvalue weighted by Crippen LogP contribution is 2.07. The van der Waals surface area contributed by atoms with E-state index >= 15 is 0 Å². The molecule has 0 heterocycles. The number of amides is 1. The van der Waals surface area contributed by atoms with E-state index in [1.54, 1.807) is 25.1 Å². The van der Waals surface area contributed by atoms with Crippen LogP contribution in [-0.4, -0.2) is 30.8 Å². The maximum Gasteiger partial charge on any atom is 0.407 e. The zero-order valence-corrected chi connectivity index (χ0v) is 14.1. The van der Waals surface area contributed by atoms with Gasteiger partial charge in [0.25, 0.3) is 0 Å². The average Bonchev–Trinajstić information content (AvgIpc) is 2.45. The summed E-state index contributed by atoms with van der Waals surface area (Å²) in [6.45, 7) is 7.93. The fourth-order valence-corrected chi connectivity index (χ4v) is 1.64. The monoisotopic (exact) mass is 317 g/mol. The van der Waals surface area contributed by atoms with Crippen LogP contribution in [0, 0.1) is 11.8 Å². The van der Waals surface area contributed by atoms with E-state index in [-0.39, 0.29) is 5.97 Å². The molecular formula is C18H23NO4. The summed E-state index contributed by atoms with van der Waals surface area (Å²) in [6, 6.07) is 6.95. The molecule has 5 heteroatoms. The molecule has 0 aliphatic rings. The van der Waals surface area contributed by atoms with Gasteiger partial charge in [0.1, 0.15) is 5.60 Å². The zero-order chi connectivity index (χ0) is 17.3. The molecule has 1 rings (SSSR count). The van der Waals surface area contributed by atoms with E-state index in [9.17, 15) is 9.59 Å². The van der Waals surface area contributed by atoms with Crippen LogP contribution >= 0.6 is 0 Å². The van der Waals surface area contributed by atoms with Crippen LogP contribution < -0.4 is 5.32 Å². The number of alkyl carbamates (subject to hydrolysis) is 1. The summed E-state index contributed by atoms with van der Waals surface area (Å²) in [5.74, 6) is 5.54.